The summed E-state index contributed by atoms with van der Waals surface area (Å²) in [6.07, 6.45) is 6.71. The second kappa shape index (κ2) is 4.83. The quantitative estimate of drug-likeness (QED) is 0.847. The van der Waals surface area contributed by atoms with E-state index >= 15 is 0 Å². The first kappa shape index (κ1) is 11.4. The van der Waals surface area contributed by atoms with Crippen LogP contribution < -0.4 is 5.32 Å². The summed E-state index contributed by atoms with van der Waals surface area (Å²) < 4.78 is 5.00. The molecule has 1 aromatic rings. The summed E-state index contributed by atoms with van der Waals surface area (Å²) in [5.74, 6) is 0.373. The Morgan fingerprint density at radius 3 is 2.81 bits per heavy atom. The Hall–Kier alpha value is -1.09. The lowest BCUT2D eigenvalue weighted by molar-refractivity contribution is -0.129. The van der Waals surface area contributed by atoms with Gasteiger partial charge in [-0.25, -0.2) is 0 Å². The molecule has 0 saturated carbocycles. The van der Waals surface area contributed by atoms with E-state index in [9.17, 15) is 4.79 Å². The Bertz CT molecular complexity index is 337. The van der Waals surface area contributed by atoms with Gasteiger partial charge in [0.25, 0.3) is 0 Å². The minimum absolute atomic E-state index is 0.0947. The third-order valence-electron chi connectivity index (χ3n) is 3.77. The Labute approximate surface area is 96.2 Å². The fourth-order valence-corrected chi connectivity index (χ4v) is 2.50. The van der Waals surface area contributed by atoms with Crippen LogP contribution in [0.1, 0.15) is 31.7 Å². The fraction of sp³-hybridized carbons (Fsp3) is 0.615. The van der Waals surface area contributed by atoms with E-state index < -0.39 is 0 Å². The summed E-state index contributed by atoms with van der Waals surface area (Å²) >= 11 is 0. The highest BCUT2D eigenvalue weighted by Crippen LogP contribution is 2.34. The molecule has 0 amide bonds. The molecule has 2 rings (SSSR count). The molecule has 0 spiro atoms. The lowest BCUT2D eigenvalue weighted by atomic mass is 9.72. The van der Waals surface area contributed by atoms with Crippen LogP contribution in [0.3, 0.4) is 0 Å². The van der Waals surface area contributed by atoms with Crippen molar-refractivity contribution in [3.63, 3.8) is 0 Å². The van der Waals surface area contributed by atoms with E-state index in [0.717, 1.165) is 37.9 Å². The molecule has 1 N–H and O–H groups in total. The molecule has 2 heterocycles. The van der Waals surface area contributed by atoms with Crippen molar-refractivity contribution in [3.8, 4) is 0 Å². The summed E-state index contributed by atoms with van der Waals surface area (Å²) in [7, 11) is 0. The number of carbonyl (C=O) groups is 1. The van der Waals surface area contributed by atoms with Gasteiger partial charge in [-0.3, -0.25) is 4.79 Å². The van der Waals surface area contributed by atoms with Crippen LogP contribution in [0.15, 0.2) is 23.0 Å². The molecule has 0 aromatic carbocycles. The van der Waals surface area contributed by atoms with Crippen LogP contribution in [-0.2, 0) is 11.2 Å². The van der Waals surface area contributed by atoms with E-state index in [1.54, 1.807) is 12.5 Å². The highest BCUT2D eigenvalue weighted by atomic mass is 16.3. The van der Waals surface area contributed by atoms with Gasteiger partial charge in [0.05, 0.1) is 12.5 Å². The molecular weight excluding hydrogens is 202 g/mol. The van der Waals surface area contributed by atoms with E-state index in [1.807, 2.05) is 6.07 Å². The van der Waals surface area contributed by atoms with E-state index in [0.29, 0.717) is 12.2 Å². The zero-order chi connectivity index (χ0) is 11.4. The van der Waals surface area contributed by atoms with Crippen LogP contribution in [0.5, 0.6) is 0 Å². The van der Waals surface area contributed by atoms with Gasteiger partial charge < -0.3 is 9.73 Å². The molecule has 0 aliphatic carbocycles. The Kier molecular flexibility index (Phi) is 3.44. The molecule has 1 saturated heterocycles. The molecule has 3 nitrogen and oxygen atoms in total. The lowest BCUT2D eigenvalue weighted by Crippen LogP contribution is -2.42. The van der Waals surface area contributed by atoms with Crippen molar-refractivity contribution >= 4 is 5.78 Å². The molecule has 1 aromatic heterocycles. The normalized spacial score (nSPS) is 19.6. The minimum atomic E-state index is -0.0947. The van der Waals surface area contributed by atoms with E-state index in [1.165, 1.54) is 0 Å². The molecule has 1 fully saturated rings. The van der Waals surface area contributed by atoms with Crippen LogP contribution in [0, 0.1) is 5.41 Å². The van der Waals surface area contributed by atoms with Crippen LogP contribution >= 0.6 is 0 Å². The minimum Gasteiger partial charge on any atom is -0.472 e. The van der Waals surface area contributed by atoms with Gasteiger partial charge in [0, 0.05) is 11.8 Å². The SMILES string of the molecule is CCC1(C(=O)Cc2ccoc2)CCNCC1. The summed E-state index contributed by atoms with van der Waals surface area (Å²) in [6, 6.07) is 1.88. The molecule has 1 aliphatic heterocycles. The summed E-state index contributed by atoms with van der Waals surface area (Å²) in [5, 5.41) is 3.32. The first-order chi connectivity index (χ1) is 7.77. The van der Waals surface area contributed by atoms with Gasteiger partial charge in [-0.15, -0.1) is 0 Å². The van der Waals surface area contributed by atoms with Gasteiger partial charge in [-0.05, 0) is 44.0 Å². The Morgan fingerprint density at radius 1 is 1.50 bits per heavy atom. The number of Topliss-reactive ketones (excluding diaryl/α,β-unsaturated/α-hetero) is 1. The highest BCUT2D eigenvalue weighted by Gasteiger charge is 2.37. The summed E-state index contributed by atoms with van der Waals surface area (Å²) in [6.45, 7) is 4.05. The number of ketones is 1. The molecule has 1 aliphatic rings. The van der Waals surface area contributed by atoms with Crippen molar-refractivity contribution in [2.24, 2.45) is 5.41 Å². The molecule has 0 bridgehead atoms. The molecule has 0 unspecified atom stereocenters. The Balaban J connectivity index is 2.06. The Morgan fingerprint density at radius 2 is 2.25 bits per heavy atom. The highest BCUT2D eigenvalue weighted by molar-refractivity contribution is 5.86. The first-order valence-electron chi connectivity index (χ1n) is 6.02. The van der Waals surface area contributed by atoms with Crippen LogP contribution in [0.2, 0.25) is 0 Å². The third-order valence-corrected chi connectivity index (χ3v) is 3.77. The van der Waals surface area contributed by atoms with Gasteiger partial charge in [-0.2, -0.15) is 0 Å². The maximum absolute atomic E-state index is 12.3. The van der Waals surface area contributed by atoms with E-state index in [-0.39, 0.29) is 5.41 Å². The zero-order valence-electron chi connectivity index (χ0n) is 9.79. The number of carbonyl (C=O) groups excluding carboxylic acids is 1. The van der Waals surface area contributed by atoms with Gasteiger partial charge in [-0.1, -0.05) is 6.92 Å². The lowest BCUT2D eigenvalue weighted by Gasteiger charge is -2.35. The van der Waals surface area contributed by atoms with Gasteiger partial charge in [0.1, 0.15) is 5.78 Å². The van der Waals surface area contributed by atoms with Crippen molar-refractivity contribution in [2.45, 2.75) is 32.6 Å². The second-order valence-electron chi connectivity index (χ2n) is 4.62. The molecule has 0 atom stereocenters. The standard InChI is InChI=1S/C13H19NO2/c1-2-13(4-6-14-7-5-13)12(15)9-11-3-8-16-10-11/h3,8,10,14H,2,4-7,9H2,1H3. The predicted molar refractivity (Wildman–Crippen MR) is 62.2 cm³/mol. The van der Waals surface area contributed by atoms with E-state index in [2.05, 4.69) is 12.2 Å². The summed E-state index contributed by atoms with van der Waals surface area (Å²) in [4.78, 5) is 12.3. The smallest absolute Gasteiger partial charge is 0.143 e. The van der Waals surface area contributed by atoms with Crippen LogP contribution in [0.25, 0.3) is 0 Å². The number of hydrogen-bond donors (Lipinski definition) is 1. The topological polar surface area (TPSA) is 42.2 Å². The van der Waals surface area contributed by atoms with Gasteiger partial charge in [0.15, 0.2) is 0 Å². The predicted octanol–water partition coefficient (Wildman–Crippen LogP) is 2.17. The van der Waals surface area contributed by atoms with Crippen molar-refractivity contribution in [1.29, 1.82) is 0 Å². The number of nitrogens with one attached hydrogen (secondary N) is 1. The average molecular weight is 221 g/mol. The maximum Gasteiger partial charge on any atom is 0.143 e. The molecular formula is C13H19NO2. The molecule has 3 heteroatoms. The van der Waals surface area contributed by atoms with Crippen molar-refractivity contribution in [2.75, 3.05) is 13.1 Å². The zero-order valence-corrected chi connectivity index (χ0v) is 9.79. The van der Waals surface area contributed by atoms with Crippen LogP contribution in [-0.4, -0.2) is 18.9 Å². The van der Waals surface area contributed by atoms with Crippen molar-refractivity contribution in [3.05, 3.63) is 24.2 Å². The van der Waals surface area contributed by atoms with E-state index in [4.69, 9.17) is 4.42 Å². The van der Waals surface area contributed by atoms with Crippen molar-refractivity contribution in [1.82, 2.24) is 5.32 Å². The fourth-order valence-electron chi connectivity index (χ4n) is 2.50. The number of hydrogen-bond acceptors (Lipinski definition) is 3. The first-order valence-corrected chi connectivity index (χ1v) is 6.02. The van der Waals surface area contributed by atoms with Crippen molar-refractivity contribution < 1.29 is 9.21 Å². The largest absolute Gasteiger partial charge is 0.472 e. The second-order valence-corrected chi connectivity index (χ2v) is 4.62. The monoisotopic (exact) mass is 221 g/mol. The third kappa shape index (κ3) is 2.19. The number of furan rings is 1. The maximum atomic E-state index is 12.3. The number of piperidine rings is 1. The molecule has 16 heavy (non-hydrogen) atoms. The average Bonchev–Trinajstić information content (AvgIpc) is 2.82. The van der Waals surface area contributed by atoms with Gasteiger partial charge in [0.2, 0.25) is 0 Å². The number of rotatable bonds is 4. The van der Waals surface area contributed by atoms with Gasteiger partial charge >= 0.3 is 0 Å². The van der Waals surface area contributed by atoms with Crippen LogP contribution in [0.4, 0.5) is 0 Å². The molecule has 0 radical (unpaired) electrons. The summed E-state index contributed by atoms with van der Waals surface area (Å²) in [5.41, 5.74) is 0.902. The molecule has 88 valence electrons.